The number of imide groups is 1. The van der Waals surface area contributed by atoms with Gasteiger partial charge in [-0.15, -0.1) is 11.8 Å². The fraction of sp³-hybridized carbons (Fsp3) is 0.286. The predicted molar refractivity (Wildman–Crippen MR) is 145 cm³/mol. The van der Waals surface area contributed by atoms with Crippen LogP contribution in [0.4, 0.5) is 0 Å². The maximum absolute atomic E-state index is 13.2. The maximum Gasteiger partial charge on any atom is 0.259 e. The topological polar surface area (TPSA) is 99.6 Å². The normalized spacial score (nSPS) is 17.8. The lowest BCUT2D eigenvalue weighted by atomic mass is 9.95. The molecule has 0 spiro atoms. The largest absolute Gasteiger partial charge is 0.390 e. The second-order valence-electron chi connectivity index (χ2n) is 9.43. The Morgan fingerprint density at radius 3 is 2.54 bits per heavy atom. The number of fused-ring (bicyclic) bond motifs is 2. The molecule has 6 rings (SSSR count). The second kappa shape index (κ2) is 9.83. The van der Waals surface area contributed by atoms with Crippen molar-refractivity contribution in [2.75, 3.05) is 39.1 Å². The zero-order valence-corrected chi connectivity index (χ0v) is 21.3. The van der Waals surface area contributed by atoms with Crippen molar-refractivity contribution in [2.45, 2.75) is 17.5 Å². The lowest BCUT2D eigenvalue weighted by Gasteiger charge is -2.28. The molecule has 2 aliphatic rings. The smallest absolute Gasteiger partial charge is 0.259 e. The van der Waals surface area contributed by atoms with Crippen molar-refractivity contribution in [1.29, 1.82) is 0 Å². The van der Waals surface area contributed by atoms with Gasteiger partial charge in [0.25, 0.3) is 11.8 Å². The van der Waals surface area contributed by atoms with E-state index in [1.54, 1.807) is 18.0 Å². The van der Waals surface area contributed by atoms with Gasteiger partial charge in [0, 0.05) is 76.4 Å². The summed E-state index contributed by atoms with van der Waals surface area (Å²) in [5, 5.41) is 15.2. The number of thioether (sulfide) groups is 1. The van der Waals surface area contributed by atoms with Gasteiger partial charge in [-0.2, -0.15) is 0 Å². The minimum atomic E-state index is -0.597. The Kier molecular flexibility index (Phi) is 6.37. The van der Waals surface area contributed by atoms with Crippen LogP contribution in [0.2, 0.25) is 0 Å². The number of H-pyrrole nitrogens is 1. The first-order valence-corrected chi connectivity index (χ1v) is 13.6. The van der Waals surface area contributed by atoms with Gasteiger partial charge in [-0.25, -0.2) is 0 Å². The number of hydrogen-bond acceptors (Lipinski definition) is 6. The van der Waals surface area contributed by atoms with Gasteiger partial charge in [-0.05, 0) is 24.5 Å². The molecule has 2 aromatic carbocycles. The number of aliphatic hydroxyl groups is 1. The quantitative estimate of drug-likeness (QED) is 0.258. The molecule has 0 saturated carbocycles. The summed E-state index contributed by atoms with van der Waals surface area (Å²) in [5.74, 6) is -0.814. The summed E-state index contributed by atoms with van der Waals surface area (Å²) in [6, 6.07) is 13.8. The highest BCUT2D eigenvalue weighted by molar-refractivity contribution is 7.98. The number of nitrogens with one attached hydrogen (secondary N) is 2. The third-order valence-electron chi connectivity index (χ3n) is 7.13. The summed E-state index contributed by atoms with van der Waals surface area (Å²) >= 11 is 1.63. The molecule has 2 aromatic heterocycles. The summed E-state index contributed by atoms with van der Waals surface area (Å²) in [7, 11) is 0. The molecular weight excluding hydrogens is 488 g/mol. The standard InChI is InChI=1S/C28H28N4O4S/c1-37-18-6-7-20-22(16-32(24(20)12-18)15-17(33)14-31-8-10-36-11-9-31)26-25(27(34)30-28(26)35)21-13-29-23-5-3-2-4-19(21)23/h2-7,12-13,16-17,29,33H,8-11,14-15H2,1H3,(H,30,34,35). The van der Waals surface area contributed by atoms with E-state index in [4.69, 9.17) is 4.74 Å². The summed E-state index contributed by atoms with van der Waals surface area (Å²) in [6.45, 7) is 3.87. The number of aromatic nitrogens is 2. The van der Waals surface area contributed by atoms with Crippen LogP contribution in [0.5, 0.6) is 0 Å². The van der Waals surface area contributed by atoms with Gasteiger partial charge < -0.3 is 19.4 Å². The van der Waals surface area contributed by atoms with Crippen LogP contribution in [-0.4, -0.2) is 76.6 Å². The van der Waals surface area contributed by atoms with E-state index in [9.17, 15) is 14.7 Å². The molecule has 0 aliphatic carbocycles. The number of morpholine rings is 1. The van der Waals surface area contributed by atoms with Crippen molar-refractivity contribution in [3.63, 3.8) is 0 Å². The minimum absolute atomic E-state index is 0.359. The van der Waals surface area contributed by atoms with Crippen molar-refractivity contribution in [1.82, 2.24) is 19.8 Å². The highest BCUT2D eigenvalue weighted by Crippen LogP contribution is 2.39. The third-order valence-corrected chi connectivity index (χ3v) is 7.85. The molecule has 0 bridgehead atoms. The van der Waals surface area contributed by atoms with Gasteiger partial charge in [0.15, 0.2) is 0 Å². The lowest BCUT2D eigenvalue weighted by Crippen LogP contribution is -2.41. The van der Waals surface area contributed by atoms with Crippen LogP contribution in [-0.2, 0) is 20.9 Å². The minimum Gasteiger partial charge on any atom is -0.390 e. The molecule has 2 aliphatic heterocycles. The van der Waals surface area contributed by atoms with Gasteiger partial charge in [0.1, 0.15) is 0 Å². The first-order valence-electron chi connectivity index (χ1n) is 12.4. The SMILES string of the molecule is CSc1ccc2c(C3=C(c4c[nH]c5ccccc45)C(=O)NC3=O)cn(CC(O)CN3CCOCC3)c2c1. The predicted octanol–water partition coefficient (Wildman–Crippen LogP) is 3.10. The van der Waals surface area contributed by atoms with Crippen molar-refractivity contribution in [3.8, 4) is 0 Å². The van der Waals surface area contributed by atoms with Crippen LogP contribution in [0.25, 0.3) is 33.0 Å². The fourth-order valence-corrected chi connectivity index (χ4v) is 5.80. The Morgan fingerprint density at radius 1 is 1.00 bits per heavy atom. The van der Waals surface area contributed by atoms with E-state index in [1.165, 1.54) is 0 Å². The molecule has 190 valence electrons. The average molecular weight is 517 g/mol. The van der Waals surface area contributed by atoms with E-state index in [0.717, 1.165) is 39.8 Å². The second-order valence-corrected chi connectivity index (χ2v) is 10.3. The molecule has 3 N–H and O–H groups in total. The zero-order chi connectivity index (χ0) is 25.5. The maximum atomic E-state index is 13.2. The van der Waals surface area contributed by atoms with E-state index < -0.39 is 17.9 Å². The van der Waals surface area contributed by atoms with Crippen molar-refractivity contribution in [2.24, 2.45) is 0 Å². The molecule has 9 heteroatoms. The monoisotopic (exact) mass is 516 g/mol. The number of hydrogen-bond donors (Lipinski definition) is 3. The molecule has 0 radical (unpaired) electrons. The van der Waals surface area contributed by atoms with Crippen LogP contribution in [0.15, 0.2) is 59.8 Å². The number of benzene rings is 2. The van der Waals surface area contributed by atoms with Crippen molar-refractivity contribution < 1.29 is 19.4 Å². The number of rotatable bonds is 7. The summed E-state index contributed by atoms with van der Waals surface area (Å²) < 4.78 is 7.43. The molecule has 1 fully saturated rings. The molecule has 1 saturated heterocycles. The van der Waals surface area contributed by atoms with Crippen LogP contribution in [0.3, 0.4) is 0 Å². The first-order chi connectivity index (χ1) is 18.0. The molecule has 2 amide bonds. The summed E-state index contributed by atoms with van der Waals surface area (Å²) in [6.07, 6.45) is 5.11. The summed E-state index contributed by atoms with van der Waals surface area (Å²) in [5.41, 5.74) is 3.92. The lowest BCUT2D eigenvalue weighted by molar-refractivity contribution is -0.122. The molecular formula is C28H28N4O4S. The third kappa shape index (κ3) is 4.38. The number of β-amino-alcohol motifs (C(OH)–C–C–N with tert-alkyl or cyclic N) is 1. The van der Waals surface area contributed by atoms with Crippen LogP contribution in [0, 0.1) is 0 Å². The van der Waals surface area contributed by atoms with Crippen molar-refractivity contribution in [3.05, 3.63) is 66.0 Å². The Morgan fingerprint density at radius 2 is 1.76 bits per heavy atom. The Bertz CT molecular complexity index is 1550. The number of amides is 2. The van der Waals surface area contributed by atoms with Gasteiger partial charge in [-0.3, -0.25) is 19.8 Å². The molecule has 1 unspecified atom stereocenters. The molecule has 4 aromatic rings. The van der Waals surface area contributed by atoms with E-state index in [2.05, 4.69) is 21.3 Å². The van der Waals surface area contributed by atoms with E-state index in [1.807, 2.05) is 53.4 Å². The number of nitrogens with zero attached hydrogens (tertiary/aromatic N) is 2. The number of ether oxygens (including phenoxy) is 1. The van der Waals surface area contributed by atoms with Gasteiger partial charge in [0.05, 0.1) is 30.5 Å². The Labute approximate surface area is 218 Å². The number of aromatic amines is 1. The molecule has 37 heavy (non-hydrogen) atoms. The van der Waals surface area contributed by atoms with E-state index in [-0.39, 0.29) is 0 Å². The van der Waals surface area contributed by atoms with Crippen LogP contribution in [0.1, 0.15) is 11.1 Å². The van der Waals surface area contributed by atoms with E-state index in [0.29, 0.717) is 48.6 Å². The average Bonchev–Trinajstić information content (AvgIpc) is 3.57. The van der Waals surface area contributed by atoms with Gasteiger partial charge in [0.2, 0.25) is 0 Å². The van der Waals surface area contributed by atoms with Crippen LogP contribution < -0.4 is 5.32 Å². The number of carbonyl (C=O) groups is 2. The highest BCUT2D eigenvalue weighted by atomic mass is 32.2. The highest BCUT2D eigenvalue weighted by Gasteiger charge is 2.35. The molecule has 1 atom stereocenters. The summed E-state index contributed by atoms with van der Waals surface area (Å²) in [4.78, 5) is 32.8. The molecule has 8 nitrogen and oxygen atoms in total. The Balaban J connectivity index is 1.47. The zero-order valence-electron chi connectivity index (χ0n) is 20.5. The number of para-hydroxylation sites is 1. The Hall–Kier alpha value is -3.37. The fourth-order valence-electron chi connectivity index (χ4n) is 5.36. The van der Waals surface area contributed by atoms with E-state index >= 15 is 0 Å². The van der Waals surface area contributed by atoms with Crippen LogP contribution >= 0.6 is 11.8 Å². The molecule has 4 heterocycles. The number of aliphatic hydroxyl groups excluding tert-OH is 1. The number of carbonyl (C=O) groups excluding carboxylic acids is 2. The van der Waals surface area contributed by atoms with Gasteiger partial charge >= 0.3 is 0 Å². The van der Waals surface area contributed by atoms with Crippen molar-refractivity contribution >= 4 is 56.5 Å². The first kappa shape index (κ1) is 24.0. The van der Waals surface area contributed by atoms with Gasteiger partial charge in [-0.1, -0.05) is 24.3 Å².